The van der Waals surface area contributed by atoms with E-state index < -0.39 is 0 Å². The monoisotopic (exact) mass is 425 g/mol. The number of furan rings is 2. The van der Waals surface area contributed by atoms with Gasteiger partial charge in [-0.1, -0.05) is 12.8 Å². The molecule has 4 atom stereocenters. The zero-order valence-electron chi connectivity index (χ0n) is 17.6. The third-order valence-electron chi connectivity index (χ3n) is 6.86. The van der Waals surface area contributed by atoms with Crippen molar-refractivity contribution >= 4 is 17.6 Å². The fraction of sp³-hybridized carbons (Fsp3) is 0.522. The molecule has 4 unspecified atom stereocenters. The van der Waals surface area contributed by atoms with Crippen LogP contribution >= 0.6 is 0 Å². The smallest absolute Gasteiger partial charge is 0.323 e. The van der Waals surface area contributed by atoms with Gasteiger partial charge in [0.15, 0.2) is 0 Å². The Morgan fingerprint density at radius 3 is 2.71 bits per heavy atom. The van der Waals surface area contributed by atoms with Crippen LogP contribution in [0.25, 0.3) is 0 Å². The summed E-state index contributed by atoms with van der Waals surface area (Å²) < 4.78 is 16.2. The molecular formula is C23H27N3O5. The minimum Gasteiger partial charge on any atom is -0.468 e. The number of likely N-dealkylation sites (tertiary alicyclic amines) is 1. The first-order valence-electron chi connectivity index (χ1n) is 11.0. The van der Waals surface area contributed by atoms with Crippen molar-refractivity contribution in [2.45, 2.75) is 56.7 Å². The molecule has 0 radical (unpaired) electrons. The van der Waals surface area contributed by atoms with Gasteiger partial charge in [-0.3, -0.25) is 14.5 Å². The van der Waals surface area contributed by atoms with Gasteiger partial charge in [0.25, 0.3) is 5.91 Å². The zero-order chi connectivity index (χ0) is 21.4. The van der Waals surface area contributed by atoms with Crippen molar-refractivity contribution in [2.75, 3.05) is 13.7 Å². The van der Waals surface area contributed by atoms with Gasteiger partial charge in [-0.25, -0.2) is 5.01 Å². The van der Waals surface area contributed by atoms with Gasteiger partial charge in [0.1, 0.15) is 29.3 Å². The number of rotatable bonds is 5. The molecule has 5 rings (SSSR count). The molecule has 1 amide bonds. The molecule has 8 nitrogen and oxygen atoms in total. The molecule has 0 bridgehead atoms. The molecule has 1 saturated heterocycles. The Labute approximate surface area is 180 Å². The van der Waals surface area contributed by atoms with Crippen LogP contribution in [0.1, 0.15) is 56.1 Å². The summed E-state index contributed by atoms with van der Waals surface area (Å²) in [6, 6.07) is 6.84. The first kappa shape index (κ1) is 20.1. The van der Waals surface area contributed by atoms with Gasteiger partial charge in [0.05, 0.1) is 26.2 Å². The lowest BCUT2D eigenvalue weighted by Gasteiger charge is -2.33. The summed E-state index contributed by atoms with van der Waals surface area (Å²) in [6.45, 7) is 0.132. The van der Waals surface area contributed by atoms with Crippen LogP contribution in [0.4, 0.5) is 0 Å². The van der Waals surface area contributed by atoms with Crippen LogP contribution in [0.15, 0.2) is 50.7 Å². The largest absolute Gasteiger partial charge is 0.468 e. The lowest BCUT2D eigenvalue weighted by molar-refractivity contribution is -0.148. The molecule has 0 spiro atoms. The Morgan fingerprint density at radius 2 is 1.97 bits per heavy atom. The molecule has 8 heteroatoms. The number of ether oxygens (including phenoxy) is 1. The van der Waals surface area contributed by atoms with Crippen molar-refractivity contribution < 1.29 is 23.2 Å². The van der Waals surface area contributed by atoms with Gasteiger partial charge in [-0.2, -0.15) is 5.10 Å². The van der Waals surface area contributed by atoms with E-state index in [1.807, 2.05) is 18.2 Å². The molecule has 0 N–H and O–H groups in total. The predicted molar refractivity (Wildman–Crippen MR) is 111 cm³/mol. The number of carbonyl (C=O) groups is 2. The minimum absolute atomic E-state index is 0.132. The predicted octanol–water partition coefficient (Wildman–Crippen LogP) is 3.36. The lowest BCUT2D eigenvalue weighted by Crippen LogP contribution is -2.48. The number of hydrazone groups is 1. The van der Waals surface area contributed by atoms with E-state index in [1.165, 1.54) is 18.5 Å². The summed E-state index contributed by atoms with van der Waals surface area (Å²) in [5, 5.41) is 6.11. The van der Waals surface area contributed by atoms with Gasteiger partial charge >= 0.3 is 5.97 Å². The highest BCUT2D eigenvalue weighted by Crippen LogP contribution is 2.40. The Hall–Kier alpha value is -2.87. The number of carbonyl (C=O) groups excluding carboxylic acids is 2. The number of hydrogen-bond donors (Lipinski definition) is 0. The highest BCUT2D eigenvalue weighted by Gasteiger charge is 2.47. The van der Waals surface area contributed by atoms with E-state index in [4.69, 9.17) is 13.6 Å². The highest BCUT2D eigenvalue weighted by molar-refractivity contribution is 6.01. The third-order valence-corrected chi connectivity index (χ3v) is 6.86. The fourth-order valence-electron chi connectivity index (χ4n) is 5.41. The van der Waals surface area contributed by atoms with Crippen LogP contribution < -0.4 is 0 Å². The lowest BCUT2D eigenvalue weighted by atomic mass is 9.85. The van der Waals surface area contributed by atoms with E-state index in [0.29, 0.717) is 29.6 Å². The van der Waals surface area contributed by atoms with Crippen molar-refractivity contribution in [2.24, 2.45) is 11.0 Å². The molecule has 164 valence electrons. The summed E-state index contributed by atoms with van der Waals surface area (Å²) in [5.74, 6) is 1.36. The fourth-order valence-corrected chi connectivity index (χ4v) is 5.41. The van der Waals surface area contributed by atoms with E-state index in [9.17, 15) is 9.59 Å². The normalized spacial score (nSPS) is 28.4. The van der Waals surface area contributed by atoms with Gasteiger partial charge in [0, 0.05) is 12.5 Å². The van der Waals surface area contributed by atoms with Crippen LogP contribution in [0.5, 0.6) is 0 Å². The average Bonchev–Trinajstić information content (AvgIpc) is 3.58. The first-order valence-corrected chi connectivity index (χ1v) is 11.0. The van der Waals surface area contributed by atoms with E-state index in [2.05, 4.69) is 10.0 Å². The Kier molecular flexibility index (Phi) is 5.40. The van der Waals surface area contributed by atoms with Crippen molar-refractivity contribution in [3.63, 3.8) is 0 Å². The third kappa shape index (κ3) is 3.69. The van der Waals surface area contributed by atoms with Crippen molar-refractivity contribution in [1.29, 1.82) is 0 Å². The second-order valence-electron chi connectivity index (χ2n) is 8.56. The molecule has 31 heavy (non-hydrogen) atoms. The summed E-state index contributed by atoms with van der Waals surface area (Å²) in [4.78, 5) is 28.0. The quantitative estimate of drug-likeness (QED) is 0.683. The number of fused-ring (bicyclic) bond motifs is 1. The zero-order valence-corrected chi connectivity index (χ0v) is 17.6. The molecule has 4 heterocycles. The molecule has 2 aliphatic heterocycles. The molecule has 1 aliphatic carbocycles. The van der Waals surface area contributed by atoms with E-state index >= 15 is 0 Å². The van der Waals surface area contributed by atoms with Gasteiger partial charge < -0.3 is 13.6 Å². The molecule has 3 aliphatic rings. The van der Waals surface area contributed by atoms with Crippen LogP contribution in [-0.4, -0.2) is 53.2 Å². The van der Waals surface area contributed by atoms with E-state index in [0.717, 1.165) is 25.7 Å². The van der Waals surface area contributed by atoms with Gasteiger partial charge in [-0.05, 0) is 49.4 Å². The highest BCUT2D eigenvalue weighted by atomic mass is 16.5. The number of methoxy groups -OCH3 is 1. The van der Waals surface area contributed by atoms with Gasteiger partial charge in [-0.15, -0.1) is 0 Å². The molecule has 2 aromatic heterocycles. The second kappa shape index (κ2) is 8.34. The number of amides is 1. The molecule has 2 fully saturated rings. The molecule has 1 saturated carbocycles. The summed E-state index contributed by atoms with van der Waals surface area (Å²) in [6.07, 6.45) is 8.88. The Balaban J connectivity index is 1.40. The van der Waals surface area contributed by atoms with Crippen molar-refractivity contribution in [3.8, 4) is 0 Å². The first-order chi connectivity index (χ1) is 15.2. The maximum absolute atomic E-state index is 13.5. The van der Waals surface area contributed by atoms with Crippen LogP contribution in [-0.2, 0) is 14.3 Å². The standard InChI is InChI=1S/C23H27N3O5/c1-29-23(28)19-12-15-6-2-3-7-17(15)25(19)14-22(27)26-18(21-9-5-11-31-21)13-16(24-26)20-8-4-10-30-20/h4-5,8-11,15,17-19H,2-3,6-7,12-14H2,1H3. The number of hydrogen-bond acceptors (Lipinski definition) is 7. The average molecular weight is 425 g/mol. The topological polar surface area (TPSA) is 88.5 Å². The number of nitrogens with zero attached hydrogens (tertiary/aromatic N) is 3. The SMILES string of the molecule is COC(=O)C1CC2CCCCC2N1CC(=O)N1N=C(c2ccco2)CC1c1ccco1. The summed E-state index contributed by atoms with van der Waals surface area (Å²) in [7, 11) is 1.41. The Morgan fingerprint density at radius 1 is 1.16 bits per heavy atom. The van der Waals surface area contributed by atoms with Crippen LogP contribution in [0.2, 0.25) is 0 Å². The molecular weight excluding hydrogens is 398 g/mol. The number of esters is 1. The summed E-state index contributed by atoms with van der Waals surface area (Å²) >= 11 is 0. The summed E-state index contributed by atoms with van der Waals surface area (Å²) in [5.41, 5.74) is 0.709. The molecule has 2 aromatic rings. The Bertz CT molecular complexity index is 952. The van der Waals surface area contributed by atoms with E-state index in [1.54, 1.807) is 18.6 Å². The van der Waals surface area contributed by atoms with E-state index in [-0.39, 0.29) is 36.5 Å². The van der Waals surface area contributed by atoms with Crippen molar-refractivity contribution in [1.82, 2.24) is 9.91 Å². The second-order valence-corrected chi connectivity index (χ2v) is 8.56. The molecule has 0 aromatic carbocycles. The minimum atomic E-state index is -0.375. The maximum atomic E-state index is 13.5. The van der Waals surface area contributed by atoms with Crippen LogP contribution in [0, 0.1) is 5.92 Å². The maximum Gasteiger partial charge on any atom is 0.323 e. The van der Waals surface area contributed by atoms with Gasteiger partial charge in [0.2, 0.25) is 0 Å². The van der Waals surface area contributed by atoms with Crippen molar-refractivity contribution in [3.05, 3.63) is 48.3 Å². The van der Waals surface area contributed by atoms with Crippen LogP contribution in [0.3, 0.4) is 0 Å².